The van der Waals surface area contributed by atoms with Gasteiger partial charge in [0.15, 0.2) is 0 Å². The molecule has 3 heteroatoms. The number of nitrogens with two attached hydrogens (primary N) is 1. The van der Waals surface area contributed by atoms with Crippen LogP contribution in [0, 0.1) is 0 Å². The Labute approximate surface area is 89.9 Å². The highest BCUT2D eigenvalue weighted by molar-refractivity contribution is 5.14. The minimum Gasteiger partial charge on any atom is -0.326 e. The number of likely N-dealkylation sites (tertiary alicyclic amines) is 1. The summed E-state index contributed by atoms with van der Waals surface area (Å²) in [5.74, 6) is 0. The van der Waals surface area contributed by atoms with Crippen molar-refractivity contribution in [1.82, 2.24) is 4.90 Å². The molecular weight excluding hydrogens is 191 g/mol. The number of halogens is 1. The van der Waals surface area contributed by atoms with Crippen LogP contribution in [0.2, 0.25) is 0 Å². The van der Waals surface area contributed by atoms with Gasteiger partial charge in [-0.1, -0.05) is 30.3 Å². The normalized spacial score (nSPS) is 27.9. The van der Waals surface area contributed by atoms with Crippen LogP contribution in [-0.4, -0.2) is 30.2 Å². The van der Waals surface area contributed by atoms with E-state index >= 15 is 0 Å². The standard InChI is InChI=1S/C12H17FN2/c13-11-6-12(14)9-15(8-11)7-10-4-2-1-3-5-10/h1-5,11-12H,6-9,14H2/t11-,12+/m0/s1. The van der Waals surface area contributed by atoms with Gasteiger partial charge in [0.2, 0.25) is 0 Å². The Bertz CT molecular complexity index is 292. The lowest BCUT2D eigenvalue weighted by atomic mass is 10.0. The van der Waals surface area contributed by atoms with E-state index in [-0.39, 0.29) is 6.04 Å². The Hall–Kier alpha value is -0.930. The van der Waals surface area contributed by atoms with Gasteiger partial charge in [-0.15, -0.1) is 0 Å². The molecule has 0 aliphatic carbocycles. The summed E-state index contributed by atoms with van der Waals surface area (Å²) in [6, 6.07) is 10.1. The fraction of sp³-hybridized carbons (Fsp3) is 0.500. The van der Waals surface area contributed by atoms with Crippen LogP contribution in [0.1, 0.15) is 12.0 Å². The molecule has 1 aromatic rings. The monoisotopic (exact) mass is 208 g/mol. The molecule has 0 unspecified atom stereocenters. The molecule has 1 aliphatic heterocycles. The van der Waals surface area contributed by atoms with E-state index < -0.39 is 6.17 Å². The summed E-state index contributed by atoms with van der Waals surface area (Å²) in [6.07, 6.45) is -0.261. The molecule has 0 radical (unpaired) electrons. The van der Waals surface area contributed by atoms with E-state index in [4.69, 9.17) is 5.73 Å². The molecule has 0 amide bonds. The molecule has 0 bridgehead atoms. The van der Waals surface area contributed by atoms with Gasteiger partial charge in [-0.05, 0) is 12.0 Å². The Morgan fingerprint density at radius 2 is 2.00 bits per heavy atom. The lowest BCUT2D eigenvalue weighted by molar-refractivity contribution is 0.118. The van der Waals surface area contributed by atoms with Crippen molar-refractivity contribution in [2.75, 3.05) is 13.1 Å². The van der Waals surface area contributed by atoms with Crippen LogP contribution in [0.15, 0.2) is 30.3 Å². The summed E-state index contributed by atoms with van der Waals surface area (Å²) in [6.45, 7) is 2.12. The number of piperidine rings is 1. The van der Waals surface area contributed by atoms with Gasteiger partial charge in [-0.25, -0.2) is 4.39 Å². The Morgan fingerprint density at radius 1 is 1.27 bits per heavy atom. The highest BCUT2D eigenvalue weighted by Crippen LogP contribution is 2.15. The van der Waals surface area contributed by atoms with Crippen LogP contribution in [0.4, 0.5) is 4.39 Å². The van der Waals surface area contributed by atoms with Crippen molar-refractivity contribution in [2.24, 2.45) is 5.73 Å². The van der Waals surface area contributed by atoms with Gasteiger partial charge in [0.1, 0.15) is 6.17 Å². The second-order valence-electron chi connectivity index (χ2n) is 4.27. The van der Waals surface area contributed by atoms with Crippen LogP contribution in [0.25, 0.3) is 0 Å². The van der Waals surface area contributed by atoms with Crippen molar-refractivity contribution >= 4 is 0 Å². The predicted octanol–water partition coefficient (Wildman–Crippen LogP) is 1.56. The average Bonchev–Trinajstić information content (AvgIpc) is 2.17. The van der Waals surface area contributed by atoms with Gasteiger partial charge < -0.3 is 5.73 Å². The largest absolute Gasteiger partial charge is 0.326 e. The Morgan fingerprint density at radius 3 is 2.67 bits per heavy atom. The molecule has 2 rings (SSSR count). The first-order valence-corrected chi connectivity index (χ1v) is 5.40. The van der Waals surface area contributed by atoms with Crippen LogP contribution in [0.3, 0.4) is 0 Å². The molecule has 0 aromatic heterocycles. The molecule has 0 spiro atoms. The number of nitrogens with zero attached hydrogens (tertiary/aromatic N) is 1. The zero-order chi connectivity index (χ0) is 10.7. The van der Waals surface area contributed by atoms with E-state index in [0.717, 1.165) is 13.1 Å². The van der Waals surface area contributed by atoms with Crippen molar-refractivity contribution in [2.45, 2.75) is 25.2 Å². The summed E-state index contributed by atoms with van der Waals surface area (Å²) in [4.78, 5) is 2.09. The smallest absolute Gasteiger partial charge is 0.114 e. The van der Waals surface area contributed by atoms with Crippen LogP contribution in [-0.2, 0) is 6.54 Å². The van der Waals surface area contributed by atoms with Gasteiger partial charge >= 0.3 is 0 Å². The molecule has 1 fully saturated rings. The van der Waals surface area contributed by atoms with Gasteiger partial charge in [0.05, 0.1) is 0 Å². The minimum atomic E-state index is -0.766. The quantitative estimate of drug-likeness (QED) is 0.799. The summed E-state index contributed by atoms with van der Waals surface area (Å²) >= 11 is 0. The third kappa shape index (κ3) is 3.01. The summed E-state index contributed by atoms with van der Waals surface area (Å²) in [5, 5.41) is 0. The maximum Gasteiger partial charge on any atom is 0.114 e. The molecule has 2 nitrogen and oxygen atoms in total. The van der Waals surface area contributed by atoms with Crippen molar-refractivity contribution in [3.05, 3.63) is 35.9 Å². The number of alkyl halides is 1. The molecule has 1 heterocycles. The molecule has 2 N–H and O–H groups in total. The SMILES string of the molecule is N[C@@H]1C[C@H](F)CN(Cc2ccccc2)C1. The molecular formula is C12H17FN2. The average molecular weight is 208 g/mol. The molecule has 0 saturated carbocycles. The molecule has 1 saturated heterocycles. The molecule has 82 valence electrons. The van der Waals surface area contributed by atoms with Crippen LogP contribution in [0.5, 0.6) is 0 Å². The van der Waals surface area contributed by atoms with E-state index in [1.807, 2.05) is 18.2 Å². The number of benzene rings is 1. The van der Waals surface area contributed by atoms with Gasteiger partial charge in [0, 0.05) is 25.7 Å². The van der Waals surface area contributed by atoms with E-state index in [1.54, 1.807) is 0 Å². The van der Waals surface area contributed by atoms with Gasteiger partial charge in [-0.3, -0.25) is 4.90 Å². The van der Waals surface area contributed by atoms with E-state index in [2.05, 4.69) is 17.0 Å². The highest BCUT2D eigenvalue weighted by atomic mass is 19.1. The Kier molecular flexibility index (Phi) is 3.34. The fourth-order valence-electron chi connectivity index (χ4n) is 2.13. The summed E-state index contributed by atoms with van der Waals surface area (Å²) in [7, 11) is 0. The first kappa shape index (κ1) is 10.6. The summed E-state index contributed by atoms with van der Waals surface area (Å²) < 4.78 is 13.3. The van der Waals surface area contributed by atoms with Gasteiger partial charge in [-0.2, -0.15) is 0 Å². The molecule has 2 atom stereocenters. The van der Waals surface area contributed by atoms with Crippen molar-refractivity contribution < 1.29 is 4.39 Å². The number of rotatable bonds is 2. The second kappa shape index (κ2) is 4.73. The maximum absolute atomic E-state index is 13.3. The van der Waals surface area contributed by atoms with Gasteiger partial charge in [0.25, 0.3) is 0 Å². The third-order valence-electron chi connectivity index (χ3n) is 2.76. The molecule has 1 aliphatic rings. The third-order valence-corrected chi connectivity index (χ3v) is 2.76. The first-order valence-electron chi connectivity index (χ1n) is 5.40. The topological polar surface area (TPSA) is 29.3 Å². The van der Waals surface area contributed by atoms with E-state index in [1.165, 1.54) is 5.56 Å². The molecule has 1 aromatic carbocycles. The highest BCUT2D eigenvalue weighted by Gasteiger charge is 2.24. The maximum atomic E-state index is 13.3. The minimum absolute atomic E-state index is 0.0162. The van der Waals surface area contributed by atoms with Crippen LogP contribution >= 0.6 is 0 Å². The lowest BCUT2D eigenvalue weighted by Gasteiger charge is -2.32. The van der Waals surface area contributed by atoms with E-state index in [0.29, 0.717) is 13.0 Å². The predicted molar refractivity (Wildman–Crippen MR) is 59.2 cm³/mol. The summed E-state index contributed by atoms with van der Waals surface area (Å²) in [5.41, 5.74) is 7.01. The van der Waals surface area contributed by atoms with Crippen molar-refractivity contribution in [3.8, 4) is 0 Å². The fourth-order valence-corrected chi connectivity index (χ4v) is 2.13. The Balaban J connectivity index is 1.94. The van der Waals surface area contributed by atoms with Crippen LogP contribution < -0.4 is 5.73 Å². The molecule has 15 heavy (non-hydrogen) atoms. The lowest BCUT2D eigenvalue weighted by Crippen LogP contribution is -2.47. The van der Waals surface area contributed by atoms with Crippen molar-refractivity contribution in [1.29, 1.82) is 0 Å². The van der Waals surface area contributed by atoms with E-state index in [9.17, 15) is 4.39 Å². The zero-order valence-electron chi connectivity index (χ0n) is 8.77. The first-order chi connectivity index (χ1) is 7.24. The number of hydrogen-bond donors (Lipinski definition) is 1. The second-order valence-corrected chi connectivity index (χ2v) is 4.27. The number of hydrogen-bond acceptors (Lipinski definition) is 2. The zero-order valence-corrected chi connectivity index (χ0v) is 8.77. The van der Waals surface area contributed by atoms with Crippen molar-refractivity contribution in [3.63, 3.8) is 0 Å².